The van der Waals surface area contributed by atoms with Crippen LogP contribution in [0.3, 0.4) is 0 Å². The number of ether oxygens (including phenoxy) is 1. The summed E-state index contributed by atoms with van der Waals surface area (Å²) in [7, 11) is 1.94. The summed E-state index contributed by atoms with van der Waals surface area (Å²) in [6.07, 6.45) is 2.60. The second kappa shape index (κ2) is 4.97. The molecule has 1 atom stereocenters. The summed E-state index contributed by atoms with van der Waals surface area (Å²) < 4.78 is 8.23. The molecule has 0 aromatic carbocycles. The van der Waals surface area contributed by atoms with Gasteiger partial charge in [-0.1, -0.05) is 0 Å². The molecule has 0 bridgehead atoms. The lowest BCUT2D eigenvalue weighted by atomic mass is 10.1. The van der Waals surface area contributed by atoms with Gasteiger partial charge in [-0.05, 0) is 32.0 Å². The van der Waals surface area contributed by atoms with Gasteiger partial charge in [-0.25, -0.2) is 5.10 Å². The summed E-state index contributed by atoms with van der Waals surface area (Å²) in [4.78, 5) is 2.23. The van der Waals surface area contributed by atoms with Crippen molar-refractivity contribution >= 4 is 18.2 Å². The zero-order valence-corrected chi connectivity index (χ0v) is 10.6. The number of aromatic amines is 1. The Morgan fingerprint density at radius 2 is 2.44 bits per heavy atom. The molecule has 0 amide bonds. The highest BCUT2D eigenvalue weighted by atomic mass is 32.1. The van der Waals surface area contributed by atoms with Crippen LogP contribution in [-0.4, -0.2) is 40.6 Å². The normalized spacial score (nSPS) is 21.4. The van der Waals surface area contributed by atoms with Gasteiger partial charge < -0.3 is 9.64 Å². The number of nitrogens with one attached hydrogen (secondary N) is 1. The second-order valence-electron chi connectivity index (χ2n) is 4.05. The van der Waals surface area contributed by atoms with Crippen molar-refractivity contribution in [3.8, 4) is 0 Å². The predicted molar refractivity (Wildman–Crippen MR) is 65.3 cm³/mol. The second-order valence-corrected chi connectivity index (χ2v) is 4.44. The van der Waals surface area contributed by atoms with Crippen molar-refractivity contribution in [3.05, 3.63) is 4.77 Å². The van der Waals surface area contributed by atoms with E-state index in [-0.39, 0.29) is 0 Å². The van der Waals surface area contributed by atoms with Crippen LogP contribution >= 0.6 is 12.2 Å². The average molecular weight is 242 g/mol. The van der Waals surface area contributed by atoms with Crippen LogP contribution in [-0.2, 0) is 11.8 Å². The molecule has 1 aliphatic heterocycles. The molecule has 1 fully saturated rings. The number of H-pyrrole nitrogens is 1. The van der Waals surface area contributed by atoms with Crippen molar-refractivity contribution < 1.29 is 4.74 Å². The lowest BCUT2D eigenvalue weighted by molar-refractivity contribution is 0.0522. The van der Waals surface area contributed by atoms with E-state index in [9.17, 15) is 0 Å². The van der Waals surface area contributed by atoms with Crippen LogP contribution in [0, 0.1) is 4.77 Å². The molecule has 0 spiro atoms. The molecular weight excluding hydrogens is 224 g/mol. The van der Waals surface area contributed by atoms with Gasteiger partial charge in [-0.3, -0.25) is 4.57 Å². The molecule has 0 radical (unpaired) electrons. The van der Waals surface area contributed by atoms with Crippen LogP contribution in [0.5, 0.6) is 0 Å². The smallest absolute Gasteiger partial charge is 0.225 e. The Labute approximate surface area is 100 Å². The Kier molecular flexibility index (Phi) is 3.60. The van der Waals surface area contributed by atoms with Gasteiger partial charge in [0.05, 0.1) is 6.10 Å². The topological polar surface area (TPSA) is 46.1 Å². The van der Waals surface area contributed by atoms with E-state index in [1.165, 1.54) is 0 Å². The van der Waals surface area contributed by atoms with E-state index in [0.717, 1.165) is 38.5 Å². The number of hydrogen-bond donors (Lipinski definition) is 1. The molecule has 2 heterocycles. The minimum Gasteiger partial charge on any atom is -0.377 e. The maximum Gasteiger partial charge on any atom is 0.225 e. The molecule has 5 nitrogen and oxygen atoms in total. The SMILES string of the molecule is CCOC1CCCN(c2n[nH]c(=S)n2C)C1. The van der Waals surface area contributed by atoms with Crippen molar-refractivity contribution in [1.82, 2.24) is 14.8 Å². The number of hydrogen-bond acceptors (Lipinski definition) is 4. The molecule has 16 heavy (non-hydrogen) atoms. The Morgan fingerprint density at radius 1 is 1.62 bits per heavy atom. The van der Waals surface area contributed by atoms with Gasteiger partial charge >= 0.3 is 0 Å². The highest BCUT2D eigenvalue weighted by Gasteiger charge is 2.22. The highest BCUT2D eigenvalue weighted by Crippen LogP contribution is 2.18. The van der Waals surface area contributed by atoms with Crippen molar-refractivity contribution in [1.29, 1.82) is 0 Å². The molecule has 2 rings (SSSR count). The van der Waals surface area contributed by atoms with E-state index in [1.54, 1.807) is 0 Å². The van der Waals surface area contributed by atoms with Crippen LogP contribution in [0.25, 0.3) is 0 Å². The van der Waals surface area contributed by atoms with Crippen molar-refractivity contribution in [2.75, 3.05) is 24.6 Å². The van der Waals surface area contributed by atoms with E-state index < -0.39 is 0 Å². The molecule has 1 aromatic rings. The fourth-order valence-electron chi connectivity index (χ4n) is 2.11. The van der Waals surface area contributed by atoms with Crippen LogP contribution in [0.2, 0.25) is 0 Å². The van der Waals surface area contributed by atoms with Gasteiger partial charge in [0.1, 0.15) is 0 Å². The first-order valence-corrected chi connectivity index (χ1v) is 6.11. The van der Waals surface area contributed by atoms with E-state index in [0.29, 0.717) is 10.9 Å². The van der Waals surface area contributed by atoms with Gasteiger partial charge in [-0.2, -0.15) is 0 Å². The van der Waals surface area contributed by atoms with Gasteiger partial charge in [0.2, 0.25) is 5.95 Å². The van der Waals surface area contributed by atoms with Crippen LogP contribution in [0.1, 0.15) is 19.8 Å². The summed E-state index contributed by atoms with van der Waals surface area (Å²) in [5, 5.41) is 7.06. The Hall–Kier alpha value is -0.880. The molecule has 6 heteroatoms. The third-order valence-electron chi connectivity index (χ3n) is 2.92. The van der Waals surface area contributed by atoms with Gasteiger partial charge in [-0.15, -0.1) is 5.10 Å². The zero-order valence-electron chi connectivity index (χ0n) is 9.77. The molecule has 1 unspecified atom stereocenters. The maximum absolute atomic E-state index is 5.67. The van der Waals surface area contributed by atoms with E-state index >= 15 is 0 Å². The highest BCUT2D eigenvalue weighted by molar-refractivity contribution is 7.71. The maximum atomic E-state index is 5.67. The fraction of sp³-hybridized carbons (Fsp3) is 0.800. The van der Waals surface area contributed by atoms with E-state index in [1.807, 2.05) is 18.5 Å². The van der Waals surface area contributed by atoms with Crippen molar-refractivity contribution in [2.45, 2.75) is 25.9 Å². The summed E-state index contributed by atoms with van der Waals surface area (Å²) in [6, 6.07) is 0. The van der Waals surface area contributed by atoms with Crippen LogP contribution in [0.15, 0.2) is 0 Å². The summed E-state index contributed by atoms with van der Waals surface area (Å²) >= 11 is 5.11. The monoisotopic (exact) mass is 242 g/mol. The number of rotatable bonds is 3. The third kappa shape index (κ3) is 2.27. The first kappa shape index (κ1) is 11.6. The molecule has 0 saturated carbocycles. The minimum atomic E-state index is 0.323. The minimum absolute atomic E-state index is 0.323. The summed E-state index contributed by atoms with van der Waals surface area (Å²) in [6.45, 7) is 4.74. The fourth-order valence-corrected chi connectivity index (χ4v) is 2.24. The number of aromatic nitrogens is 3. The van der Waals surface area contributed by atoms with Crippen molar-refractivity contribution in [3.63, 3.8) is 0 Å². The van der Waals surface area contributed by atoms with Crippen LogP contribution in [0.4, 0.5) is 5.95 Å². The standard InChI is InChI=1S/C10H18N4OS/c1-3-15-8-5-4-6-14(7-8)9-11-12-10(16)13(9)2/h8H,3-7H2,1-2H3,(H,12,16). The molecule has 90 valence electrons. The number of nitrogens with zero attached hydrogens (tertiary/aromatic N) is 3. The molecule has 1 N–H and O–H groups in total. The molecule has 1 aliphatic rings. The Bertz CT molecular complexity index is 398. The van der Waals surface area contributed by atoms with Gasteiger partial charge in [0.25, 0.3) is 0 Å². The molecular formula is C10H18N4OS. The van der Waals surface area contributed by atoms with E-state index in [4.69, 9.17) is 17.0 Å². The van der Waals surface area contributed by atoms with E-state index in [2.05, 4.69) is 15.1 Å². The summed E-state index contributed by atoms with van der Waals surface area (Å²) in [5.74, 6) is 0.911. The molecule has 1 aromatic heterocycles. The lowest BCUT2D eigenvalue weighted by Crippen LogP contribution is -2.41. The first-order chi connectivity index (χ1) is 7.72. The van der Waals surface area contributed by atoms with Crippen molar-refractivity contribution in [2.24, 2.45) is 7.05 Å². The third-order valence-corrected chi connectivity index (χ3v) is 3.28. The molecule has 0 aliphatic carbocycles. The number of piperidine rings is 1. The summed E-state index contributed by atoms with van der Waals surface area (Å²) in [5.41, 5.74) is 0. The average Bonchev–Trinajstić information content (AvgIpc) is 2.61. The number of anilines is 1. The first-order valence-electron chi connectivity index (χ1n) is 5.70. The Balaban J connectivity index is 2.09. The molecule has 1 saturated heterocycles. The predicted octanol–water partition coefficient (Wildman–Crippen LogP) is 1.48. The van der Waals surface area contributed by atoms with Crippen LogP contribution < -0.4 is 4.90 Å². The lowest BCUT2D eigenvalue weighted by Gasteiger charge is -2.32. The van der Waals surface area contributed by atoms with Gasteiger partial charge in [0.15, 0.2) is 4.77 Å². The Morgan fingerprint density at radius 3 is 3.06 bits per heavy atom. The van der Waals surface area contributed by atoms with Gasteiger partial charge in [0, 0.05) is 26.7 Å². The quantitative estimate of drug-likeness (QED) is 0.816. The zero-order chi connectivity index (χ0) is 11.5. The largest absolute Gasteiger partial charge is 0.377 e.